The molecule has 180 valence electrons. The molecule has 6 nitrogen and oxygen atoms in total. The maximum atomic E-state index is 11.3. The number of rotatable bonds is 8. The third-order valence-electron chi connectivity index (χ3n) is 6.92. The lowest BCUT2D eigenvalue weighted by molar-refractivity contribution is -0.124. The van der Waals surface area contributed by atoms with Gasteiger partial charge < -0.3 is 9.55 Å². The van der Waals surface area contributed by atoms with Crippen molar-refractivity contribution in [2.45, 2.75) is 31.8 Å². The molecule has 0 bridgehead atoms. The minimum atomic E-state index is -0.535. The summed E-state index contributed by atoms with van der Waals surface area (Å²) in [4.78, 5) is 17.2. The number of aryl methyl sites for hydroxylation is 2. The fourth-order valence-corrected chi connectivity index (χ4v) is 5.45. The summed E-state index contributed by atoms with van der Waals surface area (Å²) in [6.07, 6.45) is 8.29. The fourth-order valence-electron chi connectivity index (χ4n) is 5.26. The van der Waals surface area contributed by atoms with Gasteiger partial charge >= 0.3 is 0 Å². The molecule has 0 radical (unpaired) electrons. The molecule has 3 N–H and O–H groups in total. The van der Waals surface area contributed by atoms with E-state index in [0.717, 1.165) is 43.6 Å². The number of benzene rings is 2. The SMILES string of the molecule is Cn1cc(CCN(Cc2ccc(Cl)[nH]2)C2CCc3cc(/C=C/C(=O)NO)ccc32)c2ccccc21. The number of hydroxylamine groups is 1. The molecule has 0 aliphatic heterocycles. The maximum Gasteiger partial charge on any atom is 0.267 e. The van der Waals surface area contributed by atoms with Crippen LogP contribution >= 0.6 is 11.6 Å². The molecule has 2 aromatic carbocycles. The molecule has 2 heterocycles. The minimum Gasteiger partial charge on any atom is -0.350 e. The van der Waals surface area contributed by atoms with Crippen molar-refractivity contribution in [3.63, 3.8) is 0 Å². The largest absolute Gasteiger partial charge is 0.350 e. The van der Waals surface area contributed by atoms with E-state index in [9.17, 15) is 4.79 Å². The van der Waals surface area contributed by atoms with E-state index in [1.807, 2.05) is 12.1 Å². The molecule has 1 atom stereocenters. The zero-order valence-electron chi connectivity index (χ0n) is 19.7. The first-order valence-corrected chi connectivity index (χ1v) is 12.2. The molecule has 5 rings (SSSR count). The third-order valence-corrected chi connectivity index (χ3v) is 7.14. The van der Waals surface area contributed by atoms with Crippen molar-refractivity contribution in [1.82, 2.24) is 19.9 Å². The summed E-state index contributed by atoms with van der Waals surface area (Å²) >= 11 is 6.18. The molecule has 1 aliphatic rings. The van der Waals surface area contributed by atoms with Crippen LogP contribution in [0.3, 0.4) is 0 Å². The minimum absolute atomic E-state index is 0.306. The number of para-hydroxylation sites is 1. The van der Waals surface area contributed by atoms with Crippen LogP contribution in [0.15, 0.2) is 66.9 Å². The average Bonchev–Trinajstić information content (AvgIpc) is 3.57. The van der Waals surface area contributed by atoms with Crippen LogP contribution in [0.2, 0.25) is 5.15 Å². The van der Waals surface area contributed by atoms with Gasteiger partial charge in [-0.1, -0.05) is 48.0 Å². The van der Waals surface area contributed by atoms with Gasteiger partial charge in [-0.05, 0) is 65.8 Å². The summed E-state index contributed by atoms with van der Waals surface area (Å²) in [6.45, 7) is 1.72. The van der Waals surface area contributed by atoms with E-state index in [0.29, 0.717) is 11.2 Å². The fraction of sp³-hybridized carbons (Fsp3) is 0.250. The summed E-state index contributed by atoms with van der Waals surface area (Å²) < 4.78 is 2.21. The van der Waals surface area contributed by atoms with Crippen molar-refractivity contribution in [2.75, 3.05) is 6.54 Å². The van der Waals surface area contributed by atoms with Gasteiger partial charge in [-0.15, -0.1) is 0 Å². The van der Waals surface area contributed by atoms with Gasteiger partial charge in [0.2, 0.25) is 0 Å². The Labute approximate surface area is 209 Å². The predicted molar refractivity (Wildman–Crippen MR) is 139 cm³/mol. The maximum absolute atomic E-state index is 11.3. The number of aromatic amines is 1. The first kappa shape index (κ1) is 23.4. The van der Waals surface area contributed by atoms with Crippen molar-refractivity contribution >= 4 is 34.5 Å². The van der Waals surface area contributed by atoms with E-state index in [1.54, 1.807) is 11.6 Å². The average molecular weight is 489 g/mol. The zero-order chi connectivity index (χ0) is 24.4. The third kappa shape index (κ3) is 5.05. The molecular weight excluding hydrogens is 460 g/mol. The van der Waals surface area contributed by atoms with E-state index < -0.39 is 5.91 Å². The number of hydrogen-bond acceptors (Lipinski definition) is 3. The lowest BCUT2D eigenvalue weighted by atomic mass is 10.0. The Bertz CT molecular complexity index is 1390. The highest BCUT2D eigenvalue weighted by atomic mass is 35.5. The molecule has 0 saturated heterocycles. The van der Waals surface area contributed by atoms with Gasteiger partial charge in [-0.25, -0.2) is 5.48 Å². The highest BCUT2D eigenvalue weighted by Crippen LogP contribution is 2.37. The van der Waals surface area contributed by atoms with Crippen LogP contribution in [0, 0.1) is 0 Å². The molecule has 1 amide bonds. The standard InChI is InChI=1S/C28H29ClN4O2/c1-32-17-21(23-4-2-3-5-25(23)32)14-15-33(18-22-9-12-27(29)30-22)26-11-8-20-16-19(6-10-24(20)26)7-13-28(34)31-35/h2-7,9-10,12-13,16-17,26,30,35H,8,11,14-15,18H2,1H3,(H,31,34)/b13-7+. The van der Waals surface area contributed by atoms with Gasteiger partial charge in [-0.3, -0.25) is 14.9 Å². The number of hydrogen-bond donors (Lipinski definition) is 3. The van der Waals surface area contributed by atoms with Crippen LogP contribution in [-0.2, 0) is 31.2 Å². The van der Waals surface area contributed by atoms with E-state index in [4.69, 9.17) is 16.8 Å². The van der Waals surface area contributed by atoms with Crippen molar-refractivity contribution in [3.8, 4) is 0 Å². The Balaban J connectivity index is 1.40. The number of H-pyrrole nitrogens is 1. The molecule has 1 unspecified atom stereocenters. The molecule has 7 heteroatoms. The summed E-state index contributed by atoms with van der Waals surface area (Å²) in [5, 5.41) is 10.7. The van der Waals surface area contributed by atoms with Crippen molar-refractivity contribution < 1.29 is 10.0 Å². The number of carbonyl (C=O) groups is 1. The quantitative estimate of drug-likeness (QED) is 0.176. The van der Waals surface area contributed by atoms with Crippen LogP contribution in [-0.4, -0.2) is 32.1 Å². The second-order valence-corrected chi connectivity index (χ2v) is 9.56. The molecule has 35 heavy (non-hydrogen) atoms. The summed E-state index contributed by atoms with van der Waals surface area (Å²) in [5.74, 6) is -0.535. The van der Waals surface area contributed by atoms with Crippen LogP contribution in [0.1, 0.15) is 40.4 Å². The number of amides is 1. The number of fused-ring (bicyclic) bond motifs is 2. The van der Waals surface area contributed by atoms with E-state index in [2.05, 4.69) is 70.2 Å². The highest BCUT2D eigenvalue weighted by Gasteiger charge is 2.28. The van der Waals surface area contributed by atoms with E-state index in [-0.39, 0.29) is 0 Å². The molecule has 0 fully saturated rings. The Morgan fingerprint density at radius 2 is 2.11 bits per heavy atom. The van der Waals surface area contributed by atoms with Crippen molar-refractivity contribution in [1.29, 1.82) is 0 Å². The zero-order valence-corrected chi connectivity index (χ0v) is 20.4. The number of nitrogens with zero attached hydrogens (tertiary/aromatic N) is 2. The Kier molecular flexibility index (Phi) is 6.77. The Morgan fingerprint density at radius 1 is 1.26 bits per heavy atom. The van der Waals surface area contributed by atoms with Crippen molar-refractivity contribution in [3.05, 3.63) is 100.0 Å². The van der Waals surface area contributed by atoms with Gasteiger partial charge in [0.15, 0.2) is 0 Å². The molecular formula is C28H29ClN4O2. The van der Waals surface area contributed by atoms with E-state index >= 15 is 0 Å². The number of nitrogens with one attached hydrogen (secondary N) is 2. The highest BCUT2D eigenvalue weighted by molar-refractivity contribution is 6.29. The molecule has 2 aromatic heterocycles. The second kappa shape index (κ2) is 10.1. The number of halogens is 1. The summed E-state index contributed by atoms with van der Waals surface area (Å²) in [6, 6.07) is 19.2. The summed E-state index contributed by atoms with van der Waals surface area (Å²) in [7, 11) is 2.11. The first-order chi connectivity index (χ1) is 17.0. The summed E-state index contributed by atoms with van der Waals surface area (Å²) in [5.41, 5.74) is 8.95. The lowest BCUT2D eigenvalue weighted by Gasteiger charge is -2.29. The Hall–Kier alpha value is -3.32. The molecule has 0 saturated carbocycles. The van der Waals surface area contributed by atoms with Crippen LogP contribution in [0.5, 0.6) is 0 Å². The van der Waals surface area contributed by atoms with Crippen LogP contribution in [0.25, 0.3) is 17.0 Å². The van der Waals surface area contributed by atoms with Crippen molar-refractivity contribution in [2.24, 2.45) is 7.05 Å². The number of carbonyl (C=O) groups excluding carboxylic acids is 1. The first-order valence-electron chi connectivity index (χ1n) is 11.9. The van der Waals surface area contributed by atoms with Gasteiger partial charge in [0.1, 0.15) is 5.15 Å². The lowest BCUT2D eigenvalue weighted by Crippen LogP contribution is -2.29. The molecule has 4 aromatic rings. The van der Waals surface area contributed by atoms with Gasteiger partial charge in [0.25, 0.3) is 5.91 Å². The number of aromatic nitrogens is 2. The van der Waals surface area contributed by atoms with Gasteiger partial charge in [0, 0.05) is 55.0 Å². The van der Waals surface area contributed by atoms with Gasteiger partial charge in [-0.2, -0.15) is 0 Å². The topological polar surface area (TPSA) is 73.3 Å². The van der Waals surface area contributed by atoms with Crippen LogP contribution < -0.4 is 5.48 Å². The Morgan fingerprint density at radius 3 is 2.91 bits per heavy atom. The monoisotopic (exact) mass is 488 g/mol. The van der Waals surface area contributed by atoms with Crippen LogP contribution in [0.4, 0.5) is 0 Å². The molecule has 1 aliphatic carbocycles. The normalized spacial score (nSPS) is 15.4. The molecule has 0 spiro atoms. The second-order valence-electron chi connectivity index (χ2n) is 9.16. The van der Waals surface area contributed by atoms with Gasteiger partial charge in [0.05, 0.1) is 0 Å². The smallest absolute Gasteiger partial charge is 0.267 e. The van der Waals surface area contributed by atoms with E-state index in [1.165, 1.54) is 33.7 Å². The predicted octanol–water partition coefficient (Wildman–Crippen LogP) is 5.41.